The van der Waals surface area contributed by atoms with Crippen molar-refractivity contribution in [1.29, 1.82) is 0 Å². The van der Waals surface area contributed by atoms with Crippen LogP contribution >= 0.6 is 7.82 Å². The first-order valence-corrected chi connectivity index (χ1v) is 29.9. The molecule has 2 atom stereocenters. The largest absolute Gasteiger partial charge is 0.472 e. The summed E-state index contributed by atoms with van der Waals surface area (Å²) in [6.45, 7) is 5.62. The van der Waals surface area contributed by atoms with Crippen LogP contribution in [0.5, 0.6) is 0 Å². The fourth-order valence-corrected chi connectivity index (χ4v) is 8.71. The Hall–Kier alpha value is -1.54. The standard InChI is InChI=1S/C58H110NO7P/c1-6-8-10-12-14-16-18-20-22-24-26-28-29-30-31-32-33-35-37-39-41-43-45-47-49-51-58(60)66-57(56-65-67(61,62)64-54-52-59(3,4)5)55-63-53-50-48-46-44-42-40-38-36-34-27-25-23-21-19-17-15-13-11-9-7-2/h15,17-18,20-21,23-24,26,57H,6-14,16,19,22,25,27-56H2,1-5H3/p+1/b17-15-,20-18-,23-21-,26-24-. The van der Waals surface area contributed by atoms with E-state index < -0.39 is 13.9 Å². The van der Waals surface area contributed by atoms with Gasteiger partial charge in [0.1, 0.15) is 19.3 Å². The molecule has 0 aliphatic heterocycles. The SMILES string of the molecule is CCCCC/C=C\C/C=C\CCCCCCCCCCCCOCC(COP(=O)(O)OCC[N+](C)(C)C)OC(=O)CCCCCCCCCCCCCCC/C=C\C/C=C\CCCCCCC. The maximum absolute atomic E-state index is 12.8. The van der Waals surface area contributed by atoms with E-state index in [2.05, 4.69) is 62.5 Å². The Morgan fingerprint density at radius 2 is 0.821 bits per heavy atom. The molecule has 9 heteroatoms. The van der Waals surface area contributed by atoms with Crippen molar-refractivity contribution >= 4 is 13.8 Å². The van der Waals surface area contributed by atoms with Crippen molar-refractivity contribution in [3.05, 3.63) is 48.6 Å². The zero-order valence-corrected chi connectivity index (χ0v) is 45.8. The summed E-state index contributed by atoms with van der Waals surface area (Å²) in [5, 5.41) is 0. The van der Waals surface area contributed by atoms with E-state index in [4.69, 9.17) is 18.5 Å². The molecule has 0 amide bonds. The van der Waals surface area contributed by atoms with Crippen LogP contribution in [-0.2, 0) is 27.9 Å². The smallest absolute Gasteiger partial charge is 0.457 e. The molecular weight excluding hydrogens is 854 g/mol. The Kier molecular flexibility index (Phi) is 49.7. The highest BCUT2D eigenvalue weighted by atomic mass is 31.2. The van der Waals surface area contributed by atoms with Gasteiger partial charge in [-0.1, -0.05) is 223 Å². The first-order valence-electron chi connectivity index (χ1n) is 28.4. The average Bonchev–Trinajstić information content (AvgIpc) is 3.29. The van der Waals surface area contributed by atoms with Crippen molar-refractivity contribution in [2.45, 2.75) is 264 Å². The maximum Gasteiger partial charge on any atom is 0.472 e. The third kappa shape index (κ3) is 55.3. The molecular formula is C58H111NO7P+. The van der Waals surface area contributed by atoms with Crippen LogP contribution in [0.1, 0.15) is 258 Å². The van der Waals surface area contributed by atoms with E-state index in [1.54, 1.807) is 0 Å². The number of hydrogen-bond acceptors (Lipinski definition) is 6. The summed E-state index contributed by atoms with van der Waals surface area (Å²) in [5.41, 5.74) is 0. The lowest BCUT2D eigenvalue weighted by atomic mass is 10.0. The lowest BCUT2D eigenvalue weighted by molar-refractivity contribution is -0.870. The van der Waals surface area contributed by atoms with Crippen LogP contribution in [0.4, 0.5) is 0 Å². The van der Waals surface area contributed by atoms with Crippen LogP contribution in [0.25, 0.3) is 0 Å². The van der Waals surface area contributed by atoms with Crippen molar-refractivity contribution in [2.75, 3.05) is 54.1 Å². The molecule has 394 valence electrons. The summed E-state index contributed by atoms with van der Waals surface area (Å²) in [6, 6.07) is 0. The Balaban J connectivity index is 4.07. The molecule has 0 aromatic carbocycles. The molecule has 0 aliphatic rings. The van der Waals surface area contributed by atoms with Crippen molar-refractivity contribution in [2.24, 2.45) is 0 Å². The second kappa shape index (κ2) is 50.8. The Morgan fingerprint density at radius 1 is 0.463 bits per heavy atom. The normalized spacial score (nSPS) is 13.8. The predicted molar refractivity (Wildman–Crippen MR) is 289 cm³/mol. The minimum Gasteiger partial charge on any atom is -0.457 e. The van der Waals surface area contributed by atoms with Gasteiger partial charge in [-0.15, -0.1) is 0 Å². The number of esters is 1. The summed E-state index contributed by atoms with van der Waals surface area (Å²) < 4.78 is 35.2. The molecule has 0 heterocycles. The van der Waals surface area contributed by atoms with E-state index in [1.165, 1.54) is 193 Å². The zero-order valence-electron chi connectivity index (χ0n) is 44.9. The van der Waals surface area contributed by atoms with Gasteiger partial charge in [-0.05, 0) is 77.0 Å². The molecule has 0 aliphatic carbocycles. The molecule has 8 nitrogen and oxygen atoms in total. The molecule has 0 saturated heterocycles. The van der Waals surface area contributed by atoms with Gasteiger partial charge in [0.15, 0.2) is 0 Å². The zero-order chi connectivity index (χ0) is 49.0. The Morgan fingerprint density at radius 3 is 1.24 bits per heavy atom. The number of unbranched alkanes of at least 4 members (excludes halogenated alkanes) is 31. The second-order valence-electron chi connectivity index (χ2n) is 20.3. The minimum atomic E-state index is -4.29. The molecule has 67 heavy (non-hydrogen) atoms. The molecule has 0 rings (SSSR count). The fraction of sp³-hybridized carbons (Fsp3) is 0.845. The summed E-state index contributed by atoms with van der Waals surface area (Å²) in [7, 11) is 1.67. The van der Waals surface area contributed by atoms with E-state index >= 15 is 0 Å². The molecule has 0 aromatic rings. The number of likely N-dealkylation sites (N-methyl/N-ethyl adjacent to an activating group) is 1. The Labute approximate surface area is 416 Å². The second-order valence-corrected chi connectivity index (χ2v) is 21.8. The Bertz CT molecular complexity index is 1210. The quantitative estimate of drug-likeness (QED) is 0.0213. The topological polar surface area (TPSA) is 91.3 Å². The number of allylic oxidation sites excluding steroid dienone is 8. The summed E-state index contributed by atoms with van der Waals surface area (Å²) in [5.74, 6) is -0.313. The van der Waals surface area contributed by atoms with Gasteiger partial charge in [-0.25, -0.2) is 4.57 Å². The lowest BCUT2D eigenvalue weighted by Crippen LogP contribution is -2.37. The van der Waals surface area contributed by atoms with Crippen molar-refractivity contribution < 1.29 is 37.3 Å². The van der Waals surface area contributed by atoms with Crippen LogP contribution in [0.3, 0.4) is 0 Å². The van der Waals surface area contributed by atoms with Crippen LogP contribution in [0.15, 0.2) is 48.6 Å². The number of carbonyl (C=O) groups excluding carboxylic acids is 1. The van der Waals surface area contributed by atoms with E-state index in [1.807, 2.05) is 21.1 Å². The average molecular weight is 965 g/mol. The maximum atomic E-state index is 12.8. The first-order chi connectivity index (χ1) is 32.6. The molecule has 1 N–H and O–H groups in total. The molecule has 0 spiro atoms. The fourth-order valence-electron chi connectivity index (χ4n) is 7.97. The number of nitrogens with zero attached hydrogens (tertiary/aromatic N) is 1. The molecule has 0 bridgehead atoms. The molecule has 0 fully saturated rings. The minimum absolute atomic E-state index is 0.0877. The number of ether oxygens (including phenoxy) is 2. The number of carbonyl (C=O) groups is 1. The van der Waals surface area contributed by atoms with Crippen molar-refractivity contribution in [3.63, 3.8) is 0 Å². The van der Waals surface area contributed by atoms with E-state index in [0.717, 1.165) is 44.9 Å². The van der Waals surface area contributed by atoms with E-state index in [9.17, 15) is 14.3 Å². The van der Waals surface area contributed by atoms with Gasteiger partial charge in [-0.2, -0.15) is 0 Å². The van der Waals surface area contributed by atoms with Gasteiger partial charge >= 0.3 is 13.8 Å². The van der Waals surface area contributed by atoms with Crippen LogP contribution in [-0.4, -0.2) is 75.6 Å². The number of phosphoric ester groups is 1. The van der Waals surface area contributed by atoms with Gasteiger partial charge in [0.25, 0.3) is 0 Å². The van der Waals surface area contributed by atoms with Crippen molar-refractivity contribution in [1.82, 2.24) is 0 Å². The highest BCUT2D eigenvalue weighted by Crippen LogP contribution is 2.43. The highest BCUT2D eigenvalue weighted by molar-refractivity contribution is 7.47. The predicted octanol–water partition coefficient (Wildman–Crippen LogP) is 17.8. The lowest BCUT2D eigenvalue weighted by Gasteiger charge is -2.24. The first kappa shape index (κ1) is 65.5. The number of hydrogen-bond donors (Lipinski definition) is 1. The molecule has 2 unspecified atom stereocenters. The van der Waals surface area contributed by atoms with Gasteiger partial charge < -0.3 is 18.9 Å². The van der Waals surface area contributed by atoms with Gasteiger partial charge in [0, 0.05) is 13.0 Å². The summed E-state index contributed by atoms with van der Waals surface area (Å²) in [6.07, 6.45) is 64.5. The van der Waals surface area contributed by atoms with Crippen molar-refractivity contribution in [3.8, 4) is 0 Å². The van der Waals surface area contributed by atoms with Crippen LogP contribution in [0.2, 0.25) is 0 Å². The molecule has 0 radical (unpaired) electrons. The van der Waals surface area contributed by atoms with E-state index in [-0.39, 0.29) is 25.8 Å². The monoisotopic (exact) mass is 965 g/mol. The van der Waals surface area contributed by atoms with Gasteiger partial charge in [0.2, 0.25) is 0 Å². The molecule has 0 aromatic heterocycles. The number of quaternary nitrogens is 1. The number of phosphoric acid groups is 1. The number of rotatable bonds is 53. The third-order valence-electron chi connectivity index (χ3n) is 12.4. The molecule has 0 saturated carbocycles. The van der Waals surface area contributed by atoms with Crippen LogP contribution < -0.4 is 0 Å². The summed E-state index contributed by atoms with van der Waals surface area (Å²) >= 11 is 0. The van der Waals surface area contributed by atoms with Crippen LogP contribution in [0, 0.1) is 0 Å². The summed E-state index contributed by atoms with van der Waals surface area (Å²) in [4.78, 5) is 23.1. The van der Waals surface area contributed by atoms with Gasteiger partial charge in [0.05, 0.1) is 34.4 Å². The van der Waals surface area contributed by atoms with Gasteiger partial charge in [-0.3, -0.25) is 13.8 Å². The highest BCUT2D eigenvalue weighted by Gasteiger charge is 2.26. The van der Waals surface area contributed by atoms with E-state index in [0.29, 0.717) is 24.1 Å². The third-order valence-corrected chi connectivity index (χ3v) is 13.3.